The highest BCUT2D eigenvalue weighted by atomic mass is 16.2. The molecule has 2 saturated heterocycles. The monoisotopic (exact) mass is 284 g/mol. The van der Waals surface area contributed by atoms with Gasteiger partial charge in [0, 0.05) is 24.8 Å². The Balaban J connectivity index is 1.51. The number of carbonyl (C=O) groups is 1. The van der Waals surface area contributed by atoms with Crippen molar-refractivity contribution in [2.75, 3.05) is 31.5 Å². The van der Waals surface area contributed by atoms with Crippen LogP contribution in [0.25, 0.3) is 0 Å². The van der Waals surface area contributed by atoms with Gasteiger partial charge in [-0.3, -0.25) is 9.69 Å². The number of likely N-dealkylation sites (tertiary alicyclic amines) is 1. The van der Waals surface area contributed by atoms with E-state index >= 15 is 0 Å². The van der Waals surface area contributed by atoms with Crippen molar-refractivity contribution in [3.05, 3.63) is 29.8 Å². The summed E-state index contributed by atoms with van der Waals surface area (Å²) in [7, 11) is 0. The normalized spacial score (nSPS) is 25.1. The molecular weight excluding hydrogens is 264 g/mol. The van der Waals surface area contributed by atoms with Gasteiger partial charge in [0.25, 0.3) is 0 Å². The van der Waals surface area contributed by atoms with Gasteiger partial charge < -0.3 is 10.6 Å². The Morgan fingerprint density at radius 2 is 2.19 bits per heavy atom. The van der Waals surface area contributed by atoms with Gasteiger partial charge >= 0.3 is 0 Å². The molecule has 5 heteroatoms. The highest BCUT2D eigenvalue weighted by Crippen LogP contribution is 2.24. The largest absolute Gasteiger partial charge is 0.325 e. The molecule has 2 fully saturated rings. The molecule has 0 radical (unpaired) electrons. The lowest BCUT2D eigenvalue weighted by atomic mass is 9.94. The van der Waals surface area contributed by atoms with Gasteiger partial charge in [-0.05, 0) is 49.6 Å². The van der Waals surface area contributed by atoms with E-state index in [1.54, 1.807) is 24.3 Å². The Bertz CT molecular complexity index is 534. The van der Waals surface area contributed by atoms with Crippen LogP contribution in [0.4, 0.5) is 5.69 Å². The van der Waals surface area contributed by atoms with Crippen LogP contribution in [0.15, 0.2) is 24.3 Å². The fourth-order valence-electron chi connectivity index (χ4n) is 3.30. The van der Waals surface area contributed by atoms with Gasteiger partial charge in [0.05, 0.1) is 18.2 Å². The van der Waals surface area contributed by atoms with Crippen LogP contribution in [0.2, 0.25) is 0 Å². The zero-order valence-electron chi connectivity index (χ0n) is 12.0. The average Bonchev–Trinajstić information content (AvgIpc) is 2.90. The summed E-state index contributed by atoms with van der Waals surface area (Å²) in [6, 6.07) is 9.58. The van der Waals surface area contributed by atoms with Gasteiger partial charge in [0.1, 0.15) is 0 Å². The number of fused-ring (bicyclic) bond motifs is 1. The zero-order valence-corrected chi connectivity index (χ0v) is 12.0. The van der Waals surface area contributed by atoms with E-state index in [-0.39, 0.29) is 5.91 Å². The molecule has 0 aromatic heterocycles. The molecule has 0 aliphatic carbocycles. The molecule has 2 N–H and O–H groups in total. The number of nitriles is 1. The fraction of sp³-hybridized carbons (Fsp3) is 0.500. The second kappa shape index (κ2) is 6.25. The predicted molar refractivity (Wildman–Crippen MR) is 80.7 cm³/mol. The molecule has 0 saturated carbocycles. The third kappa shape index (κ3) is 3.41. The number of hydrogen-bond acceptors (Lipinski definition) is 4. The second-order valence-electron chi connectivity index (χ2n) is 5.89. The van der Waals surface area contributed by atoms with E-state index < -0.39 is 0 Å². The summed E-state index contributed by atoms with van der Waals surface area (Å²) in [6.07, 6.45) is 2.51. The Kier molecular flexibility index (Phi) is 4.18. The van der Waals surface area contributed by atoms with E-state index in [1.807, 2.05) is 0 Å². The van der Waals surface area contributed by atoms with Crippen LogP contribution in [0.5, 0.6) is 0 Å². The molecule has 0 unspecified atom stereocenters. The SMILES string of the molecule is N#Cc1ccc(NC(=O)CN2C[C@@H]3CCCN[C@@H]3C2)cc1. The van der Waals surface area contributed by atoms with Gasteiger partial charge in [-0.15, -0.1) is 0 Å². The Morgan fingerprint density at radius 1 is 1.38 bits per heavy atom. The lowest BCUT2D eigenvalue weighted by molar-refractivity contribution is -0.117. The summed E-state index contributed by atoms with van der Waals surface area (Å²) < 4.78 is 0. The van der Waals surface area contributed by atoms with Crippen LogP contribution >= 0.6 is 0 Å². The number of piperidine rings is 1. The smallest absolute Gasteiger partial charge is 0.238 e. The van der Waals surface area contributed by atoms with Crippen LogP contribution in [-0.4, -0.2) is 43.0 Å². The molecule has 0 bridgehead atoms. The van der Waals surface area contributed by atoms with E-state index in [0.717, 1.165) is 25.3 Å². The highest BCUT2D eigenvalue weighted by Gasteiger charge is 2.34. The number of anilines is 1. The van der Waals surface area contributed by atoms with E-state index in [9.17, 15) is 4.79 Å². The standard InChI is InChI=1S/C16H20N4O/c17-8-12-3-5-14(6-4-12)19-16(21)11-20-9-13-2-1-7-18-15(13)10-20/h3-6,13,15,18H,1-2,7,9-11H2,(H,19,21)/t13-,15+/m0/s1. The third-order valence-corrected chi connectivity index (χ3v) is 4.34. The average molecular weight is 284 g/mol. The van der Waals surface area contributed by atoms with Crippen molar-refractivity contribution in [1.29, 1.82) is 5.26 Å². The molecule has 2 aliphatic rings. The molecule has 1 aromatic rings. The summed E-state index contributed by atoms with van der Waals surface area (Å²) in [5, 5.41) is 15.2. The van der Waals surface area contributed by atoms with Crippen molar-refractivity contribution in [2.24, 2.45) is 5.92 Å². The van der Waals surface area contributed by atoms with Crippen LogP contribution in [-0.2, 0) is 4.79 Å². The molecule has 5 nitrogen and oxygen atoms in total. The summed E-state index contributed by atoms with van der Waals surface area (Å²) >= 11 is 0. The van der Waals surface area contributed by atoms with Crippen molar-refractivity contribution in [1.82, 2.24) is 10.2 Å². The van der Waals surface area contributed by atoms with Crippen LogP contribution < -0.4 is 10.6 Å². The minimum absolute atomic E-state index is 0.0124. The first kappa shape index (κ1) is 14.1. The maximum atomic E-state index is 12.1. The zero-order chi connectivity index (χ0) is 14.7. The van der Waals surface area contributed by atoms with E-state index in [1.165, 1.54) is 12.8 Å². The van der Waals surface area contributed by atoms with E-state index in [4.69, 9.17) is 5.26 Å². The minimum Gasteiger partial charge on any atom is -0.325 e. The first-order chi connectivity index (χ1) is 10.2. The number of rotatable bonds is 3. The second-order valence-corrected chi connectivity index (χ2v) is 5.89. The van der Waals surface area contributed by atoms with Crippen molar-refractivity contribution in [2.45, 2.75) is 18.9 Å². The van der Waals surface area contributed by atoms with Gasteiger partial charge in [-0.2, -0.15) is 5.26 Å². The molecule has 3 rings (SSSR count). The quantitative estimate of drug-likeness (QED) is 0.874. The topological polar surface area (TPSA) is 68.2 Å². The first-order valence-electron chi connectivity index (χ1n) is 7.50. The van der Waals surface area contributed by atoms with Crippen molar-refractivity contribution in [3.63, 3.8) is 0 Å². The van der Waals surface area contributed by atoms with Crippen LogP contribution in [0.1, 0.15) is 18.4 Å². The highest BCUT2D eigenvalue weighted by molar-refractivity contribution is 5.92. The Hall–Kier alpha value is -1.90. The van der Waals surface area contributed by atoms with E-state index in [0.29, 0.717) is 24.1 Å². The van der Waals surface area contributed by atoms with Crippen LogP contribution in [0, 0.1) is 17.2 Å². The fourth-order valence-corrected chi connectivity index (χ4v) is 3.30. The number of nitrogens with zero attached hydrogens (tertiary/aromatic N) is 2. The van der Waals surface area contributed by atoms with Crippen molar-refractivity contribution in [3.8, 4) is 6.07 Å². The molecule has 2 atom stereocenters. The van der Waals surface area contributed by atoms with Gasteiger partial charge in [0.2, 0.25) is 5.91 Å². The first-order valence-corrected chi connectivity index (χ1v) is 7.50. The molecule has 21 heavy (non-hydrogen) atoms. The van der Waals surface area contributed by atoms with Gasteiger partial charge in [-0.1, -0.05) is 0 Å². The molecule has 2 heterocycles. The van der Waals surface area contributed by atoms with Crippen molar-refractivity contribution < 1.29 is 4.79 Å². The molecule has 1 amide bonds. The number of carbonyl (C=O) groups excluding carboxylic acids is 1. The molecule has 1 aromatic carbocycles. The molecular formula is C16H20N4O. The van der Waals surface area contributed by atoms with Crippen LogP contribution in [0.3, 0.4) is 0 Å². The summed E-state index contributed by atoms with van der Waals surface area (Å²) in [4.78, 5) is 14.3. The lowest BCUT2D eigenvalue weighted by Gasteiger charge is -2.24. The van der Waals surface area contributed by atoms with Gasteiger partial charge in [0.15, 0.2) is 0 Å². The summed E-state index contributed by atoms with van der Waals surface area (Å²) in [5.41, 5.74) is 1.34. The summed E-state index contributed by atoms with van der Waals surface area (Å²) in [6.45, 7) is 3.52. The van der Waals surface area contributed by atoms with Gasteiger partial charge in [-0.25, -0.2) is 0 Å². The molecule has 110 valence electrons. The molecule has 0 spiro atoms. The maximum Gasteiger partial charge on any atom is 0.238 e. The lowest BCUT2D eigenvalue weighted by Crippen LogP contribution is -2.41. The third-order valence-electron chi connectivity index (χ3n) is 4.34. The molecule has 2 aliphatic heterocycles. The van der Waals surface area contributed by atoms with E-state index in [2.05, 4.69) is 21.6 Å². The predicted octanol–water partition coefficient (Wildman–Crippen LogP) is 1.18. The Labute approximate surface area is 124 Å². The van der Waals surface area contributed by atoms with Crippen molar-refractivity contribution >= 4 is 11.6 Å². The Morgan fingerprint density at radius 3 is 2.90 bits per heavy atom. The number of amides is 1. The number of benzene rings is 1. The number of nitrogens with one attached hydrogen (secondary N) is 2. The summed E-state index contributed by atoms with van der Waals surface area (Å²) in [5.74, 6) is 0.708. The minimum atomic E-state index is 0.0124. The maximum absolute atomic E-state index is 12.1. The number of hydrogen-bond donors (Lipinski definition) is 2.